The highest BCUT2D eigenvalue weighted by Crippen LogP contribution is 2.32. The van der Waals surface area contributed by atoms with Crippen molar-refractivity contribution in [3.63, 3.8) is 0 Å². The third-order valence-electron chi connectivity index (χ3n) is 4.48. The van der Waals surface area contributed by atoms with E-state index in [1.807, 2.05) is 31.2 Å². The Bertz CT molecular complexity index is 946. The number of carbonyl (C=O) groups is 1. The van der Waals surface area contributed by atoms with Crippen LogP contribution in [-0.2, 0) is 21.2 Å². The third-order valence-corrected chi connectivity index (χ3v) is 6.26. The van der Waals surface area contributed by atoms with Crippen LogP contribution in [0.1, 0.15) is 37.9 Å². The second-order valence-electron chi connectivity index (χ2n) is 6.66. The summed E-state index contributed by atoms with van der Waals surface area (Å²) in [4.78, 5) is 12.8. The second-order valence-corrected chi connectivity index (χ2v) is 9.36. The van der Waals surface area contributed by atoms with E-state index in [1.54, 1.807) is 6.07 Å². The summed E-state index contributed by atoms with van der Waals surface area (Å²) in [5.41, 5.74) is 2.30. The van der Waals surface area contributed by atoms with Gasteiger partial charge in [0.15, 0.2) is 0 Å². The monoisotopic (exact) mass is 442 g/mol. The molecule has 0 spiro atoms. The Hall–Kier alpha value is -1.76. The Kier molecular flexibility index (Phi) is 7.37. The second kappa shape index (κ2) is 9.16. The highest BCUT2D eigenvalue weighted by molar-refractivity contribution is 7.92. The van der Waals surface area contributed by atoms with Gasteiger partial charge in [0.25, 0.3) is 0 Å². The SMILES string of the molecule is CCc1ccc(C(C)NC(=O)C(C)N(c2cc(Cl)ccc2Cl)S(C)(=O)=O)cc1. The fourth-order valence-corrected chi connectivity index (χ4v) is 4.50. The number of benzene rings is 2. The summed E-state index contributed by atoms with van der Waals surface area (Å²) < 4.78 is 25.8. The summed E-state index contributed by atoms with van der Waals surface area (Å²) in [5.74, 6) is -0.437. The summed E-state index contributed by atoms with van der Waals surface area (Å²) in [6, 6.07) is 11.1. The van der Waals surface area contributed by atoms with Gasteiger partial charge in [-0.2, -0.15) is 0 Å². The molecule has 0 aromatic heterocycles. The number of amides is 1. The Morgan fingerprint density at radius 2 is 1.71 bits per heavy atom. The third kappa shape index (κ3) is 5.40. The number of nitrogens with zero attached hydrogens (tertiary/aromatic N) is 1. The van der Waals surface area contributed by atoms with Crippen LogP contribution >= 0.6 is 23.2 Å². The molecule has 2 atom stereocenters. The molecule has 2 aromatic rings. The lowest BCUT2D eigenvalue weighted by Crippen LogP contribution is -2.48. The molecule has 0 bridgehead atoms. The van der Waals surface area contributed by atoms with Crippen molar-refractivity contribution >= 4 is 44.8 Å². The molecule has 2 aromatic carbocycles. The van der Waals surface area contributed by atoms with Crippen LogP contribution in [0, 0.1) is 0 Å². The Balaban J connectivity index is 2.27. The molecule has 2 unspecified atom stereocenters. The molecular formula is C20H24Cl2N2O3S. The quantitative estimate of drug-likeness (QED) is 0.681. The number of rotatable bonds is 7. The van der Waals surface area contributed by atoms with Gasteiger partial charge in [-0.15, -0.1) is 0 Å². The van der Waals surface area contributed by atoms with Crippen molar-refractivity contribution in [1.82, 2.24) is 5.32 Å². The number of hydrogen-bond donors (Lipinski definition) is 1. The van der Waals surface area contributed by atoms with Gasteiger partial charge in [-0.3, -0.25) is 9.10 Å². The maximum absolute atomic E-state index is 12.8. The van der Waals surface area contributed by atoms with Gasteiger partial charge in [0.2, 0.25) is 15.9 Å². The number of sulfonamides is 1. The van der Waals surface area contributed by atoms with Crippen LogP contribution < -0.4 is 9.62 Å². The van der Waals surface area contributed by atoms with Crippen LogP contribution in [0.5, 0.6) is 0 Å². The predicted octanol–water partition coefficient (Wildman–Crippen LogP) is 4.59. The van der Waals surface area contributed by atoms with Gasteiger partial charge in [0.1, 0.15) is 6.04 Å². The number of aryl methyl sites for hydroxylation is 1. The van der Waals surface area contributed by atoms with Gasteiger partial charge in [0.05, 0.1) is 23.0 Å². The summed E-state index contributed by atoms with van der Waals surface area (Å²) in [6.07, 6.45) is 1.96. The zero-order valence-corrected chi connectivity index (χ0v) is 18.6. The lowest BCUT2D eigenvalue weighted by Gasteiger charge is -2.30. The van der Waals surface area contributed by atoms with E-state index in [0.717, 1.165) is 22.5 Å². The Labute approximate surface area is 176 Å². The van der Waals surface area contributed by atoms with Crippen LogP contribution in [0.25, 0.3) is 0 Å². The van der Waals surface area contributed by atoms with Crippen LogP contribution in [0.4, 0.5) is 5.69 Å². The predicted molar refractivity (Wildman–Crippen MR) is 116 cm³/mol. The molecule has 0 radical (unpaired) electrons. The summed E-state index contributed by atoms with van der Waals surface area (Å²) in [5, 5.41) is 3.39. The maximum Gasteiger partial charge on any atom is 0.244 e. The Morgan fingerprint density at radius 1 is 1.11 bits per heavy atom. The smallest absolute Gasteiger partial charge is 0.244 e. The molecule has 0 saturated heterocycles. The van der Waals surface area contributed by atoms with Crippen molar-refractivity contribution in [3.8, 4) is 0 Å². The largest absolute Gasteiger partial charge is 0.348 e. The molecule has 0 aliphatic rings. The van der Waals surface area contributed by atoms with Crippen LogP contribution in [0.2, 0.25) is 10.0 Å². The van der Waals surface area contributed by atoms with E-state index in [4.69, 9.17) is 23.2 Å². The van der Waals surface area contributed by atoms with E-state index in [0.29, 0.717) is 5.02 Å². The lowest BCUT2D eigenvalue weighted by atomic mass is 10.0. The van der Waals surface area contributed by atoms with Gasteiger partial charge in [-0.25, -0.2) is 8.42 Å². The fraction of sp³-hybridized carbons (Fsp3) is 0.350. The van der Waals surface area contributed by atoms with E-state index in [2.05, 4.69) is 12.2 Å². The molecule has 152 valence electrons. The average Bonchev–Trinajstić information content (AvgIpc) is 2.63. The number of nitrogens with one attached hydrogen (secondary N) is 1. The van der Waals surface area contributed by atoms with Crippen molar-refractivity contribution in [2.45, 2.75) is 39.3 Å². The van der Waals surface area contributed by atoms with Gasteiger partial charge in [0, 0.05) is 5.02 Å². The first-order valence-corrected chi connectivity index (χ1v) is 11.5. The first-order valence-electron chi connectivity index (χ1n) is 8.88. The average molecular weight is 443 g/mol. The molecule has 0 fully saturated rings. The highest BCUT2D eigenvalue weighted by Gasteiger charge is 2.31. The van der Waals surface area contributed by atoms with Crippen LogP contribution in [0.15, 0.2) is 42.5 Å². The normalized spacial score (nSPS) is 13.6. The number of carbonyl (C=O) groups excluding carboxylic acids is 1. The minimum atomic E-state index is -3.78. The topological polar surface area (TPSA) is 66.5 Å². The van der Waals surface area contributed by atoms with Crippen molar-refractivity contribution < 1.29 is 13.2 Å². The van der Waals surface area contributed by atoms with E-state index in [1.165, 1.54) is 24.6 Å². The summed E-state index contributed by atoms with van der Waals surface area (Å²) in [7, 11) is -3.78. The molecule has 0 aliphatic carbocycles. The molecule has 8 heteroatoms. The lowest BCUT2D eigenvalue weighted by molar-refractivity contribution is -0.122. The van der Waals surface area contributed by atoms with Crippen molar-refractivity contribution in [1.29, 1.82) is 0 Å². The highest BCUT2D eigenvalue weighted by atomic mass is 35.5. The van der Waals surface area contributed by atoms with Gasteiger partial charge >= 0.3 is 0 Å². The Morgan fingerprint density at radius 3 is 2.25 bits per heavy atom. The zero-order valence-electron chi connectivity index (χ0n) is 16.2. The minimum absolute atomic E-state index is 0.166. The number of halogens is 2. The summed E-state index contributed by atoms with van der Waals surface area (Å²) >= 11 is 12.2. The zero-order chi connectivity index (χ0) is 21.1. The molecule has 1 amide bonds. The van der Waals surface area contributed by atoms with Crippen molar-refractivity contribution in [2.24, 2.45) is 0 Å². The van der Waals surface area contributed by atoms with Gasteiger partial charge < -0.3 is 5.32 Å². The fourth-order valence-electron chi connectivity index (χ4n) is 2.90. The minimum Gasteiger partial charge on any atom is -0.348 e. The van der Waals surface area contributed by atoms with E-state index in [9.17, 15) is 13.2 Å². The van der Waals surface area contributed by atoms with E-state index in [-0.39, 0.29) is 16.8 Å². The molecule has 0 heterocycles. The molecule has 0 aliphatic heterocycles. The van der Waals surface area contributed by atoms with E-state index < -0.39 is 22.0 Å². The molecular weight excluding hydrogens is 419 g/mol. The molecule has 28 heavy (non-hydrogen) atoms. The first-order chi connectivity index (χ1) is 13.0. The molecule has 1 N–H and O–H groups in total. The first kappa shape index (κ1) is 22.5. The van der Waals surface area contributed by atoms with Crippen LogP contribution in [0.3, 0.4) is 0 Å². The van der Waals surface area contributed by atoms with Gasteiger partial charge in [-0.05, 0) is 49.6 Å². The van der Waals surface area contributed by atoms with E-state index >= 15 is 0 Å². The number of hydrogen-bond acceptors (Lipinski definition) is 3. The van der Waals surface area contributed by atoms with Crippen molar-refractivity contribution in [2.75, 3.05) is 10.6 Å². The number of anilines is 1. The molecule has 0 saturated carbocycles. The molecule has 5 nitrogen and oxygen atoms in total. The molecule has 2 rings (SSSR count). The summed E-state index contributed by atoms with van der Waals surface area (Å²) in [6.45, 7) is 5.44. The van der Waals surface area contributed by atoms with Crippen molar-refractivity contribution in [3.05, 3.63) is 63.6 Å². The van der Waals surface area contributed by atoms with Crippen LogP contribution in [-0.4, -0.2) is 26.6 Å². The standard InChI is InChI=1S/C20H24Cl2N2O3S/c1-5-15-6-8-16(9-7-15)13(2)23-20(25)14(3)24(28(4,26)27)19-12-17(21)10-11-18(19)22/h6-14H,5H2,1-4H3,(H,23,25). The maximum atomic E-state index is 12.8. The van der Waals surface area contributed by atoms with Gasteiger partial charge in [-0.1, -0.05) is 54.4 Å².